The topological polar surface area (TPSA) is 29.9 Å². The molecule has 0 aliphatic rings. The van der Waals surface area contributed by atoms with Crippen LogP contribution in [0.15, 0.2) is 24.4 Å². The Morgan fingerprint density at radius 3 is 2.74 bits per heavy atom. The summed E-state index contributed by atoms with van der Waals surface area (Å²) in [4.78, 5) is 0. The molecule has 0 spiro atoms. The van der Waals surface area contributed by atoms with Gasteiger partial charge in [-0.3, -0.25) is 4.68 Å². The van der Waals surface area contributed by atoms with Crippen LogP contribution < -0.4 is 5.32 Å². The van der Waals surface area contributed by atoms with Crippen LogP contribution in [0.2, 0.25) is 0 Å². The van der Waals surface area contributed by atoms with Crippen LogP contribution in [-0.4, -0.2) is 16.3 Å². The lowest BCUT2D eigenvalue weighted by Gasteiger charge is -2.10. The van der Waals surface area contributed by atoms with Crippen LogP contribution in [0.4, 0.5) is 4.39 Å². The molecule has 0 saturated carbocycles. The first kappa shape index (κ1) is 13.7. The minimum atomic E-state index is -0.207. The summed E-state index contributed by atoms with van der Waals surface area (Å²) in [7, 11) is 1.89. The molecule has 102 valence electrons. The molecule has 1 heterocycles. The number of nitrogens with one attached hydrogen (secondary N) is 1. The Labute approximate surface area is 113 Å². The maximum atomic E-state index is 13.5. The van der Waals surface area contributed by atoms with Crippen molar-refractivity contribution in [2.45, 2.75) is 26.8 Å². The molecule has 0 aliphatic heterocycles. The van der Waals surface area contributed by atoms with Gasteiger partial charge in [-0.2, -0.15) is 5.10 Å². The summed E-state index contributed by atoms with van der Waals surface area (Å²) in [6.45, 7) is 5.76. The Hall–Kier alpha value is -1.68. The van der Waals surface area contributed by atoms with Crippen LogP contribution in [0.5, 0.6) is 0 Å². The van der Waals surface area contributed by atoms with Crippen LogP contribution in [0.3, 0.4) is 0 Å². The van der Waals surface area contributed by atoms with E-state index in [9.17, 15) is 4.39 Å². The van der Waals surface area contributed by atoms with E-state index in [4.69, 9.17) is 0 Å². The highest BCUT2D eigenvalue weighted by Gasteiger charge is 2.13. The van der Waals surface area contributed by atoms with E-state index in [1.54, 1.807) is 10.7 Å². The Kier molecular flexibility index (Phi) is 4.32. The van der Waals surface area contributed by atoms with E-state index in [-0.39, 0.29) is 5.82 Å². The lowest BCUT2D eigenvalue weighted by atomic mass is 9.99. The Morgan fingerprint density at radius 1 is 1.26 bits per heavy atom. The molecule has 0 aliphatic carbocycles. The zero-order chi connectivity index (χ0) is 13.8. The van der Waals surface area contributed by atoms with Gasteiger partial charge in [-0.05, 0) is 36.2 Å². The van der Waals surface area contributed by atoms with Crippen molar-refractivity contribution < 1.29 is 4.39 Å². The van der Waals surface area contributed by atoms with Gasteiger partial charge in [0, 0.05) is 25.4 Å². The van der Waals surface area contributed by atoms with Crippen LogP contribution in [0.1, 0.15) is 25.1 Å². The normalized spacial score (nSPS) is 10.9. The average molecular weight is 261 g/mol. The van der Waals surface area contributed by atoms with Crippen LogP contribution >= 0.6 is 0 Å². The van der Waals surface area contributed by atoms with Crippen molar-refractivity contribution in [3.63, 3.8) is 0 Å². The molecule has 2 rings (SSSR count). The maximum Gasteiger partial charge on any atom is 0.123 e. The smallest absolute Gasteiger partial charge is 0.123 e. The molecule has 3 nitrogen and oxygen atoms in total. The summed E-state index contributed by atoms with van der Waals surface area (Å²) < 4.78 is 15.3. The second-order valence-electron chi connectivity index (χ2n) is 4.60. The highest BCUT2D eigenvalue weighted by molar-refractivity contribution is 5.69. The zero-order valence-corrected chi connectivity index (χ0v) is 11.7. The van der Waals surface area contributed by atoms with Gasteiger partial charge in [0.25, 0.3) is 0 Å². The molecule has 0 radical (unpaired) electrons. The average Bonchev–Trinajstić information content (AvgIpc) is 2.78. The van der Waals surface area contributed by atoms with Crippen molar-refractivity contribution in [2.75, 3.05) is 6.54 Å². The number of hydrogen-bond donors (Lipinski definition) is 1. The van der Waals surface area contributed by atoms with Gasteiger partial charge in [-0.25, -0.2) is 4.39 Å². The lowest BCUT2D eigenvalue weighted by molar-refractivity contribution is 0.626. The van der Waals surface area contributed by atoms with E-state index in [0.717, 1.165) is 41.9 Å². The molecule has 4 heteroatoms. The van der Waals surface area contributed by atoms with E-state index in [1.165, 1.54) is 6.07 Å². The highest BCUT2D eigenvalue weighted by atomic mass is 19.1. The predicted octanol–water partition coefficient (Wildman–Crippen LogP) is 2.90. The number of nitrogens with zero attached hydrogens (tertiary/aromatic N) is 2. The van der Waals surface area contributed by atoms with E-state index in [0.29, 0.717) is 0 Å². The summed E-state index contributed by atoms with van der Waals surface area (Å²) >= 11 is 0. The first-order valence-electron chi connectivity index (χ1n) is 6.67. The highest BCUT2D eigenvalue weighted by Crippen LogP contribution is 2.27. The van der Waals surface area contributed by atoms with E-state index >= 15 is 0 Å². The van der Waals surface area contributed by atoms with Gasteiger partial charge >= 0.3 is 0 Å². The minimum absolute atomic E-state index is 0.207. The van der Waals surface area contributed by atoms with Crippen molar-refractivity contribution in [1.82, 2.24) is 15.1 Å². The zero-order valence-electron chi connectivity index (χ0n) is 11.7. The van der Waals surface area contributed by atoms with E-state index in [1.807, 2.05) is 19.3 Å². The van der Waals surface area contributed by atoms with Crippen LogP contribution in [0.25, 0.3) is 11.1 Å². The predicted molar refractivity (Wildman–Crippen MR) is 75.4 cm³/mol. The molecule has 1 N–H and O–H groups in total. The van der Waals surface area contributed by atoms with Gasteiger partial charge in [-0.15, -0.1) is 0 Å². The Morgan fingerprint density at radius 2 is 2.05 bits per heavy atom. The second kappa shape index (κ2) is 5.97. The second-order valence-corrected chi connectivity index (χ2v) is 4.60. The molecule has 0 amide bonds. The third kappa shape index (κ3) is 3.01. The molecule has 0 unspecified atom stereocenters. The summed E-state index contributed by atoms with van der Waals surface area (Å²) in [5.41, 5.74) is 4.07. The molecule has 0 saturated heterocycles. The third-order valence-electron chi connectivity index (χ3n) is 3.17. The van der Waals surface area contributed by atoms with Crippen molar-refractivity contribution in [3.05, 3.63) is 41.5 Å². The molecule has 1 aromatic heterocycles. The number of rotatable bonds is 5. The van der Waals surface area contributed by atoms with Crippen LogP contribution in [0, 0.1) is 5.82 Å². The molecular weight excluding hydrogens is 241 g/mol. The lowest BCUT2D eigenvalue weighted by Crippen LogP contribution is -2.12. The maximum absolute atomic E-state index is 13.5. The number of aromatic nitrogens is 2. The number of benzene rings is 1. The first-order valence-corrected chi connectivity index (χ1v) is 6.67. The number of hydrogen-bond acceptors (Lipinski definition) is 2. The van der Waals surface area contributed by atoms with Gasteiger partial charge in [0.15, 0.2) is 0 Å². The van der Waals surface area contributed by atoms with Gasteiger partial charge in [0.05, 0.1) is 5.69 Å². The summed E-state index contributed by atoms with van der Waals surface area (Å²) in [5.74, 6) is -0.207. The SMILES string of the molecule is CCNCc1ccc(F)cc1-c1cn(C)nc1CC. The van der Waals surface area contributed by atoms with Crippen molar-refractivity contribution >= 4 is 0 Å². The van der Waals surface area contributed by atoms with Crippen molar-refractivity contribution in [1.29, 1.82) is 0 Å². The molecule has 0 bridgehead atoms. The third-order valence-corrected chi connectivity index (χ3v) is 3.17. The fourth-order valence-corrected chi connectivity index (χ4v) is 2.23. The monoisotopic (exact) mass is 261 g/mol. The Balaban J connectivity index is 2.49. The fourth-order valence-electron chi connectivity index (χ4n) is 2.23. The molecule has 1 aromatic carbocycles. The number of aryl methyl sites for hydroxylation is 2. The molecular formula is C15H20FN3. The molecule has 0 fully saturated rings. The summed E-state index contributed by atoms with van der Waals surface area (Å²) in [5, 5.41) is 7.72. The Bertz CT molecular complexity index is 561. The van der Waals surface area contributed by atoms with E-state index < -0.39 is 0 Å². The van der Waals surface area contributed by atoms with Gasteiger partial charge in [0.2, 0.25) is 0 Å². The van der Waals surface area contributed by atoms with Gasteiger partial charge < -0.3 is 5.32 Å². The molecule has 0 atom stereocenters. The first-order chi connectivity index (χ1) is 9.15. The quantitative estimate of drug-likeness (QED) is 0.897. The summed E-state index contributed by atoms with van der Waals surface area (Å²) in [6.07, 6.45) is 2.80. The van der Waals surface area contributed by atoms with Crippen molar-refractivity contribution in [2.24, 2.45) is 7.05 Å². The van der Waals surface area contributed by atoms with E-state index in [2.05, 4.69) is 24.3 Å². The van der Waals surface area contributed by atoms with Crippen LogP contribution in [-0.2, 0) is 20.0 Å². The fraction of sp³-hybridized carbons (Fsp3) is 0.400. The molecule has 2 aromatic rings. The van der Waals surface area contributed by atoms with Gasteiger partial charge in [-0.1, -0.05) is 19.9 Å². The summed E-state index contributed by atoms with van der Waals surface area (Å²) in [6, 6.07) is 4.96. The van der Waals surface area contributed by atoms with Crippen molar-refractivity contribution in [3.8, 4) is 11.1 Å². The van der Waals surface area contributed by atoms with Gasteiger partial charge in [0.1, 0.15) is 5.82 Å². The molecule has 19 heavy (non-hydrogen) atoms. The standard InChI is InChI=1S/C15H20FN3/c1-4-15-14(10-19(3)18-15)13-8-12(16)7-6-11(13)9-17-5-2/h6-8,10,17H,4-5,9H2,1-3H3. The largest absolute Gasteiger partial charge is 0.313 e. The number of halogens is 1. The minimum Gasteiger partial charge on any atom is -0.313 e.